The summed E-state index contributed by atoms with van der Waals surface area (Å²) in [6, 6.07) is 6.90. The van der Waals surface area contributed by atoms with Crippen LogP contribution in [-0.2, 0) is 9.59 Å². The predicted molar refractivity (Wildman–Crippen MR) is 91.7 cm³/mol. The summed E-state index contributed by atoms with van der Waals surface area (Å²) in [5.74, 6) is -1.51. The minimum absolute atomic E-state index is 0.206. The number of benzene rings is 1. The summed E-state index contributed by atoms with van der Waals surface area (Å²) in [5.41, 5.74) is 2.00. The number of rotatable bonds is 5. The molecule has 1 heterocycles. The molecule has 0 aliphatic carbocycles. The Kier molecular flexibility index (Phi) is 6.15. The number of thiophene rings is 1. The summed E-state index contributed by atoms with van der Waals surface area (Å²) >= 11 is 7.46. The van der Waals surface area contributed by atoms with Crippen LogP contribution in [0.4, 0.5) is 5.69 Å². The van der Waals surface area contributed by atoms with E-state index in [1.54, 1.807) is 25.1 Å². The molecule has 0 saturated carbocycles. The molecule has 0 spiro atoms. The number of anilines is 1. The monoisotopic (exact) mass is 352 g/mol. The van der Waals surface area contributed by atoms with Crippen molar-refractivity contribution in [3.8, 4) is 0 Å². The van der Waals surface area contributed by atoms with Crippen LogP contribution in [0.25, 0.3) is 0 Å². The summed E-state index contributed by atoms with van der Waals surface area (Å²) in [5, 5.41) is 19.1. The topological polar surface area (TPSA) is 78.4 Å². The maximum Gasteiger partial charge on any atom is 0.313 e. The summed E-state index contributed by atoms with van der Waals surface area (Å²) in [4.78, 5) is 23.6. The smallest absolute Gasteiger partial charge is 0.313 e. The zero-order valence-electron chi connectivity index (χ0n) is 12.5. The molecule has 2 amide bonds. The molecule has 1 aromatic carbocycles. The van der Waals surface area contributed by atoms with Gasteiger partial charge in [0.1, 0.15) is 0 Å². The highest BCUT2D eigenvalue weighted by molar-refractivity contribution is 7.07. The molecule has 3 N–H and O–H groups in total. The van der Waals surface area contributed by atoms with Crippen LogP contribution in [0.2, 0.25) is 5.02 Å². The molecule has 0 saturated heterocycles. The Morgan fingerprint density at radius 3 is 2.78 bits per heavy atom. The molecule has 0 radical (unpaired) electrons. The van der Waals surface area contributed by atoms with Gasteiger partial charge in [-0.25, -0.2) is 0 Å². The zero-order chi connectivity index (χ0) is 16.8. The van der Waals surface area contributed by atoms with Crippen LogP contribution in [0.5, 0.6) is 0 Å². The fourth-order valence-electron chi connectivity index (χ4n) is 1.96. The van der Waals surface area contributed by atoms with Crippen LogP contribution < -0.4 is 10.6 Å². The normalized spacial score (nSPS) is 11.8. The van der Waals surface area contributed by atoms with Gasteiger partial charge in [-0.1, -0.05) is 17.7 Å². The van der Waals surface area contributed by atoms with Gasteiger partial charge in [0, 0.05) is 17.3 Å². The summed E-state index contributed by atoms with van der Waals surface area (Å²) in [6.45, 7) is 1.96. The third kappa shape index (κ3) is 4.79. The first-order valence-electron chi connectivity index (χ1n) is 7.03. The summed E-state index contributed by atoms with van der Waals surface area (Å²) in [6.07, 6.45) is -0.314. The first-order valence-corrected chi connectivity index (χ1v) is 8.35. The maximum atomic E-state index is 11.9. The predicted octanol–water partition coefficient (Wildman–Crippen LogP) is 2.89. The Hall–Kier alpha value is -1.89. The molecule has 2 aromatic rings. The van der Waals surface area contributed by atoms with E-state index in [9.17, 15) is 14.7 Å². The van der Waals surface area contributed by atoms with Crippen LogP contribution in [-0.4, -0.2) is 23.5 Å². The Labute approximate surface area is 143 Å². The second-order valence-electron chi connectivity index (χ2n) is 4.98. The molecule has 0 bridgehead atoms. The van der Waals surface area contributed by atoms with Crippen molar-refractivity contribution in [2.45, 2.75) is 19.4 Å². The number of aliphatic hydroxyl groups is 1. The molecular formula is C16H17ClN2O3S. The molecule has 0 fully saturated rings. The molecule has 5 nitrogen and oxygen atoms in total. The highest BCUT2D eigenvalue weighted by atomic mass is 35.5. The molecule has 0 aliphatic heterocycles. The van der Waals surface area contributed by atoms with E-state index in [4.69, 9.17) is 11.6 Å². The van der Waals surface area contributed by atoms with Crippen LogP contribution in [0.3, 0.4) is 0 Å². The number of carbonyl (C=O) groups excluding carboxylic acids is 2. The third-order valence-corrected chi connectivity index (χ3v) is 4.46. The van der Waals surface area contributed by atoms with E-state index in [-0.39, 0.29) is 6.54 Å². The van der Waals surface area contributed by atoms with Gasteiger partial charge >= 0.3 is 11.8 Å². The van der Waals surface area contributed by atoms with Gasteiger partial charge in [-0.15, -0.1) is 0 Å². The van der Waals surface area contributed by atoms with Crippen molar-refractivity contribution < 1.29 is 14.7 Å². The number of halogens is 1. The molecule has 122 valence electrons. The molecule has 1 aromatic heterocycles. The van der Waals surface area contributed by atoms with Gasteiger partial charge in [0.15, 0.2) is 0 Å². The Morgan fingerprint density at radius 1 is 1.30 bits per heavy atom. The lowest BCUT2D eigenvalue weighted by atomic mass is 10.1. The van der Waals surface area contributed by atoms with Crippen LogP contribution in [0.15, 0.2) is 35.0 Å². The van der Waals surface area contributed by atoms with Gasteiger partial charge in [0.25, 0.3) is 0 Å². The first-order chi connectivity index (χ1) is 11.0. The van der Waals surface area contributed by atoms with Crippen molar-refractivity contribution in [3.05, 3.63) is 51.2 Å². The second-order valence-corrected chi connectivity index (χ2v) is 6.17. The highest BCUT2D eigenvalue weighted by Gasteiger charge is 2.16. The molecule has 23 heavy (non-hydrogen) atoms. The summed E-state index contributed by atoms with van der Waals surface area (Å²) < 4.78 is 0. The van der Waals surface area contributed by atoms with Crippen LogP contribution in [0.1, 0.15) is 23.7 Å². The zero-order valence-corrected chi connectivity index (χ0v) is 14.1. The number of hydrogen-bond acceptors (Lipinski definition) is 4. The fraction of sp³-hybridized carbons (Fsp3) is 0.250. The fourth-order valence-corrected chi connectivity index (χ4v) is 2.84. The highest BCUT2D eigenvalue weighted by Crippen LogP contribution is 2.22. The lowest BCUT2D eigenvalue weighted by molar-refractivity contribution is -0.136. The van der Waals surface area contributed by atoms with Crippen molar-refractivity contribution in [2.75, 3.05) is 11.9 Å². The molecule has 7 heteroatoms. The van der Waals surface area contributed by atoms with Gasteiger partial charge in [0.05, 0.1) is 6.10 Å². The molecular weight excluding hydrogens is 336 g/mol. The van der Waals surface area contributed by atoms with Crippen LogP contribution in [0, 0.1) is 6.92 Å². The van der Waals surface area contributed by atoms with Crippen molar-refractivity contribution >= 4 is 40.4 Å². The van der Waals surface area contributed by atoms with Gasteiger partial charge in [-0.3, -0.25) is 9.59 Å². The third-order valence-electron chi connectivity index (χ3n) is 3.35. The van der Waals surface area contributed by atoms with E-state index in [2.05, 4.69) is 10.6 Å². The standard InChI is InChI=1S/C16H17ClN2O3S/c1-10-12(17)3-2-4-13(10)19-16(22)15(21)18-7-5-14(20)11-6-8-23-9-11/h2-4,6,8-9,14,20H,5,7H2,1H3,(H,18,21)(H,19,22). The Bertz CT molecular complexity index is 689. The Balaban J connectivity index is 1.81. The Morgan fingerprint density at radius 2 is 2.09 bits per heavy atom. The van der Waals surface area contributed by atoms with Crippen molar-refractivity contribution in [1.29, 1.82) is 0 Å². The average molecular weight is 353 g/mol. The van der Waals surface area contributed by atoms with E-state index in [1.165, 1.54) is 11.3 Å². The lowest BCUT2D eigenvalue weighted by Gasteiger charge is -2.11. The number of carbonyl (C=O) groups is 2. The molecule has 2 rings (SSSR count). The van der Waals surface area contributed by atoms with Gasteiger partial charge in [-0.2, -0.15) is 11.3 Å². The van der Waals surface area contributed by atoms with E-state index >= 15 is 0 Å². The van der Waals surface area contributed by atoms with Crippen molar-refractivity contribution in [3.63, 3.8) is 0 Å². The minimum atomic E-state index is -0.764. The van der Waals surface area contributed by atoms with E-state index in [0.29, 0.717) is 22.7 Å². The van der Waals surface area contributed by atoms with E-state index < -0.39 is 17.9 Å². The molecule has 1 atom stereocenters. The second kappa shape index (κ2) is 8.10. The number of amides is 2. The molecule has 0 aliphatic rings. The largest absolute Gasteiger partial charge is 0.388 e. The van der Waals surface area contributed by atoms with Gasteiger partial charge in [-0.05, 0) is 53.4 Å². The van der Waals surface area contributed by atoms with E-state index in [0.717, 1.165) is 5.56 Å². The average Bonchev–Trinajstić information content (AvgIpc) is 3.06. The van der Waals surface area contributed by atoms with Crippen LogP contribution >= 0.6 is 22.9 Å². The van der Waals surface area contributed by atoms with Gasteiger partial charge in [0.2, 0.25) is 0 Å². The lowest BCUT2D eigenvalue weighted by Crippen LogP contribution is -2.36. The first kappa shape index (κ1) is 17.5. The van der Waals surface area contributed by atoms with Crippen molar-refractivity contribution in [1.82, 2.24) is 5.32 Å². The SMILES string of the molecule is Cc1c(Cl)cccc1NC(=O)C(=O)NCCC(O)c1ccsc1. The molecule has 1 unspecified atom stereocenters. The van der Waals surface area contributed by atoms with Crippen molar-refractivity contribution in [2.24, 2.45) is 0 Å². The quantitative estimate of drug-likeness (QED) is 0.724. The summed E-state index contributed by atoms with van der Waals surface area (Å²) in [7, 11) is 0. The van der Waals surface area contributed by atoms with Gasteiger partial charge < -0.3 is 15.7 Å². The number of aliphatic hydroxyl groups excluding tert-OH is 1. The minimum Gasteiger partial charge on any atom is -0.388 e. The maximum absolute atomic E-state index is 11.9. The number of nitrogens with one attached hydrogen (secondary N) is 2. The number of hydrogen-bond donors (Lipinski definition) is 3. The van der Waals surface area contributed by atoms with E-state index in [1.807, 2.05) is 16.8 Å².